The van der Waals surface area contributed by atoms with Crippen LogP contribution in [-0.2, 0) is 9.53 Å². The Bertz CT molecular complexity index is 759. The van der Waals surface area contributed by atoms with Crippen LogP contribution in [0.2, 0.25) is 0 Å². The second-order valence-electron chi connectivity index (χ2n) is 5.29. The maximum absolute atomic E-state index is 12.1. The van der Waals surface area contributed by atoms with Gasteiger partial charge in [0.05, 0.1) is 6.20 Å². The summed E-state index contributed by atoms with van der Waals surface area (Å²) in [6.45, 7) is 0.319. The molecule has 7 nitrogen and oxygen atoms in total. The van der Waals surface area contributed by atoms with Crippen molar-refractivity contribution in [1.29, 1.82) is 0 Å². The van der Waals surface area contributed by atoms with E-state index in [9.17, 15) is 14.4 Å². The summed E-state index contributed by atoms with van der Waals surface area (Å²) in [5.41, 5.74) is 1.23. The molecule has 1 aromatic heterocycles. The lowest BCUT2D eigenvalue weighted by Gasteiger charge is -2.15. The van der Waals surface area contributed by atoms with Crippen LogP contribution >= 0.6 is 0 Å². The van der Waals surface area contributed by atoms with Gasteiger partial charge < -0.3 is 9.64 Å². The van der Waals surface area contributed by atoms with E-state index >= 15 is 0 Å². The fourth-order valence-corrected chi connectivity index (χ4v) is 2.44. The molecule has 1 amide bonds. The van der Waals surface area contributed by atoms with Gasteiger partial charge in [-0.1, -0.05) is 0 Å². The van der Waals surface area contributed by atoms with Crippen LogP contribution < -0.4 is 4.90 Å². The van der Waals surface area contributed by atoms with Crippen molar-refractivity contribution in [2.24, 2.45) is 0 Å². The molecule has 0 radical (unpaired) electrons. The number of carbonyl (C=O) groups is 3. The molecule has 122 valence electrons. The first-order valence-corrected chi connectivity index (χ1v) is 7.52. The molecule has 1 aromatic carbocycles. The summed E-state index contributed by atoms with van der Waals surface area (Å²) >= 11 is 0. The molecule has 7 heteroatoms. The smallest absolute Gasteiger partial charge is 0.358 e. The van der Waals surface area contributed by atoms with Crippen LogP contribution in [0.1, 0.15) is 33.7 Å². The zero-order valence-corrected chi connectivity index (χ0v) is 12.8. The van der Waals surface area contributed by atoms with Crippen molar-refractivity contribution in [3.63, 3.8) is 0 Å². The summed E-state index contributed by atoms with van der Waals surface area (Å²) in [5.74, 6) is -0.936. The van der Waals surface area contributed by atoms with Crippen molar-refractivity contribution in [2.75, 3.05) is 18.1 Å². The predicted molar refractivity (Wildman–Crippen MR) is 84.7 cm³/mol. The molecule has 1 aliphatic rings. The number of hydrogen-bond acceptors (Lipinski definition) is 6. The predicted octanol–water partition coefficient (Wildman–Crippen LogP) is 1.64. The number of anilines is 1. The SMILES string of the molecule is O=C(COC(=O)c1cnccn1)c1ccc(N2CCCC2=O)cc1. The van der Waals surface area contributed by atoms with Gasteiger partial charge in [0.15, 0.2) is 18.1 Å². The quantitative estimate of drug-likeness (QED) is 0.613. The van der Waals surface area contributed by atoms with Gasteiger partial charge in [-0.3, -0.25) is 14.6 Å². The molecule has 0 unspecified atom stereocenters. The largest absolute Gasteiger partial charge is 0.453 e. The minimum Gasteiger partial charge on any atom is -0.453 e. The molecular formula is C17H15N3O4. The molecule has 0 aliphatic carbocycles. The molecule has 1 fully saturated rings. The van der Waals surface area contributed by atoms with E-state index < -0.39 is 5.97 Å². The number of hydrogen-bond donors (Lipinski definition) is 0. The van der Waals surface area contributed by atoms with Crippen molar-refractivity contribution < 1.29 is 19.1 Å². The number of rotatable bonds is 5. The Hall–Kier alpha value is -3.09. The lowest BCUT2D eigenvalue weighted by Crippen LogP contribution is -2.23. The fourth-order valence-electron chi connectivity index (χ4n) is 2.44. The molecule has 0 N–H and O–H groups in total. The number of esters is 1. The summed E-state index contributed by atoms with van der Waals surface area (Å²) in [4.78, 5) is 44.8. The molecule has 1 aliphatic heterocycles. The van der Waals surface area contributed by atoms with Crippen LogP contribution in [0.4, 0.5) is 5.69 Å². The van der Waals surface area contributed by atoms with Gasteiger partial charge in [0.1, 0.15) is 0 Å². The second-order valence-corrected chi connectivity index (χ2v) is 5.29. The number of aromatic nitrogens is 2. The Morgan fingerprint density at radius 1 is 1.17 bits per heavy atom. The Kier molecular flexibility index (Phi) is 4.60. The summed E-state index contributed by atoms with van der Waals surface area (Å²) in [6.07, 6.45) is 5.48. The highest BCUT2D eigenvalue weighted by Crippen LogP contribution is 2.21. The van der Waals surface area contributed by atoms with E-state index in [0.29, 0.717) is 18.5 Å². The highest BCUT2D eigenvalue weighted by Gasteiger charge is 2.21. The van der Waals surface area contributed by atoms with E-state index in [0.717, 1.165) is 12.1 Å². The third-order valence-corrected chi connectivity index (χ3v) is 3.68. The number of amides is 1. The topological polar surface area (TPSA) is 89.5 Å². The highest BCUT2D eigenvalue weighted by atomic mass is 16.5. The van der Waals surface area contributed by atoms with E-state index in [1.54, 1.807) is 29.2 Å². The van der Waals surface area contributed by atoms with Crippen LogP contribution in [0.15, 0.2) is 42.9 Å². The zero-order chi connectivity index (χ0) is 16.9. The number of ether oxygens (including phenoxy) is 1. The molecule has 1 saturated heterocycles. The number of nitrogens with zero attached hydrogens (tertiary/aromatic N) is 3. The number of ketones is 1. The fraction of sp³-hybridized carbons (Fsp3) is 0.235. The van der Waals surface area contributed by atoms with Crippen molar-refractivity contribution in [3.05, 3.63) is 54.1 Å². The van der Waals surface area contributed by atoms with Gasteiger partial charge in [-0.2, -0.15) is 0 Å². The molecule has 2 aromatic rings. The molecule has 0 bridgehead atoms. The highest BCUT2D eigenvalue weighted by molar-refractivity contribution is 6.00. The number of benzene rings is 1. The second kappa shape index (κ2) is 6.99. The van der Waals surface area contributed by atoms with Crippen molar-refractivity contribution >= 4 is 23.3 Å². The normalized spacial score (nSPS) is 13.8. The summed E-state index contributed by atoms with van der Waals surface area (Å²) in [6, 6.07) is 6.70. The van der Waals surface area contributed by atoms with Crippen molar-refractivity contribution in [3.8, 4) is 0 Å². The van der Waals surface area contributed by atoms with Gasteiger partial charge in [0.2, 0.25) is 5.91 Å². The lowest BCUT2D eigenvalue weighted by molar-refractivity contribution is -0.117. The van der Waals surface area contributed by atoms with Crippen LogP contribution in [0.5, 0.6) is 0 Å². The van der Waals surface area contributed by atoms with E-state index in [4.69, 9.17) is 4.74 Å². The molecular weight excluding hydrogens is 310 g/mol. The summed E-state index contributed by atoms with van der Waals surface area (Å²) < 4.78 is 4.94. The Balaban J connectivity index is 1.59. The van der Waals surface area contributed by atoms with Gasteiger partial charge >= 0.3 is 5.97 Å². The monoisotopic (exact) mass is 325 g/mol. The average molecular weight is 325 g/mol. The van der Waals surface area contributed by atoms with Gasteiger partial charge in [0, 0.05) is 36.6 Å². The van der Waals surface area contributed by atoms with Crippen LogP contribution in [0, 0.1) is 0 Å². The minimum absolute atomic E-state index is 0.0493. The molecule has 0 saturated carbocycles. The van der Waals surface area contributed by atoms with Crippen LogP contribution in [0.3, 0.4) is 0 Å². The average Bonchev–Trinajstić information content (AvgIpc) is 3.06. The summed E-state index contributed by atoms with van der Waals surface area (Å²) in [7, 11) is 0. The third kappa shape index (κ3) is 3.45. The number of carbonyl (C=O) groups excluding carboxylic acids is 3. The van der Waals surface area contributed by atoms with Gasteiger partial charge in [0.25, 0.3) is 0 Å². The molecule has 0 atom stereocenters. The number of Topliss-reactive ketones (excluding diaryl/α,β-unsaturated/α-hetero) is 1. The van der Waals surface area contributed by atoms with Crippen LogP contribution in [-0.4, -0.2) is 40.8 Å². The first-order chi connectivity index (χ1) is 11.6. The first kappa shape index (κ1) is 15.8. The molecule has 0 spiro atoms. The van der Waals surface area contributed by atoms with E-state index in [1.807, 2.05) is 0 Å². The van der Waals surface area contributed by atoms with E-state index in [2.05, 4.69) is 9.97 Å². The minimum atomic E-state index is -0.698. The van der Waals surface area contributed by atoms with Crippen molar-refractivity contribution in [2.45, 2.75) is 12.8 Å². The lowest BCUT2D eigenvalue weighted by atomic mass is 10.1. The maximum atomic E-state index is 12.1. The summed E-state index contributed by atoms with van der Waals surface area (Å²) in [5, 5.41) is 0. The van der Waals surface area contributed by atoms with Gasteiger partial charge in [-0.15, -0.1) is 0 Å². The zero-order valence-electron chi connectivity index (χ0n) is 12.8. The van der Waals surface area contributed by atoms with Crippen LogP contribution in [0.25, 0.3) is 0 Å². The Morgan fingerprint density at radius 2 is 1.96 bits per heavy atom. The molecule has 3 rings (SSSR count). The van der Waals surface area contributed by atoms with E-state index in [-0.39, 0.29) is 24.0 Å². The molecule has 24 heavy (non-hydrogen) atoms. The maximum Gasteiger partial charge on any atom is 0.358 e. The van der Waals surface area contributed by atoms with E-state index in [1.165, 1.54) is 18.6 Å². The van der Waals surface area contributed by atoms with Gasteiger partial charge in [-0.25, -0.2) is 9.78 Å². The standard InChI is InChI=1S/C17H15N3O4/c21-15(11-24-17(23)14-10-18-7-8-19-14)12-3-5-13(6-4-12)20-9-1-2-16(20)22/h3-8,10H,1-2,9,11H2. The Labute approximate surface area is 138 Å². The first-order valence-electron chi connectivity index (χ1n) is 7.52. The van der Waals surface area contributed by atoms with Gasteiger partial charge in [-0.05, 0) is 30.7 Å². The third-order valence-electron chi connectivity index (χ3n) is 3.68. The Morgan fingerprint density at radius 3 is 2.58 bits per heavy atom. The van der Waals surface area contributed by atoms with Crippen molar-refractivity contribution in [1.82, 2.24) is 9.97 Å². The molecule has 2 heterocycles.